The zero-order valence-electron chi connectivity index (χ0n) is 19.8. The summed E-state index contributed by atoms with van der Waals surface area (Å²) in [4.78, 5) is 40.9. The largest absolute Gasteiger partial charge is 0.454 e. The van der Waals surface area contributed by atoms with E-state index in [0.717, 1.165) is 38.5 Å². The van der Waals surface area contributed by atoms with E-state index < -0.39 is 12.0 Å². The summed E-state index contributed by atoms with van der Waals surface area (Å²) in [6.45, 7) is 4.82. The molecular weight excluding hydrogens is 404 g/mol. The lowest BCUT2D eigenvalue weighted by Gasteiger charge is -2.56. The maximum Gasteiger partial charge on any atom is 0.329 e. The van der Waals surface area contributed by atoms with E-state index in [1.807, 2.05) is 4.90 Å². The number of carbonyl (C=O) groups is 3. The van der Waals surface area contributed by atoms with Crippen LogP contribution in [0.4, 0.5) is 0 Å². The minimum Gasteiger partial charge on any atom is -0.454 e. The van der Waals surface area contributed by atoms with Crippen LogP contribution < -0.4 is 5.32 Å². The molecule has 32 heavy (non-hydrogen) atoms. The van der Waals surface area contributed by atoms with Gasteiger partial charge in [-0.15, -0.1) is 0 Å². The van der Waals surface area contributed by atoms with E-state index in [-0.39, 0.29) is 29.9 Å². The van der Waals surface area contributed by atoms with Gasteiger partial charge in [0.25, 0.3) is 5.91 Å². The van der Waals surface area contributed by atoms with Crippen molar-refractivity contribution in [3.05, 3.63) is 0 Å². The molecule has 1 heterocycles. The Hall–Kier alpha value is -1.59. The lowest BCUT2D eigenvalue weighted by atomic mass is 9.49. The fourth-order valence-corrected chi connectivity index (χ4v) is 8.20. The van der Waals surface area contributed by atoms with Crippen LogP contribution in [0.2, 0.25) is 0 Å². The number of hydrogen-bond donors (Lipinski definition) is 1. The Morgan fingerprint density at radius 2 is 1.59 bits per heavy atom. The number of likely N-dealkylation sites (tertiary alicyclic amines) is 1. The fraction of sp³-hybridized carbons (Fsp3) is 0.885. The second kappa shape index (κ2) is 8.64. The maximum absolute atomic E-state index is 13.7. The second-order valence-corrected chi connectivity index (χ2v) is 11.9. The fourth-order valence-electron chi connectivity index (χ4n) is 8.20. The number of nitrogens with zero attached hydrogens (tertiary/aromatic N) is 1. The third kappa shape index (κ3) is 4.07. The van der Waals surface area contributed by atoms with Gasteiger partial charge in [-0.2, -0.15) is 0 Å². The lowest BCUT2D eigenvalue weighted by molar-refractivity contribution is -0.166. The third-order valence-corrected chi connectivity index (χ3v) is 9.68. The molecule has 4 atom stereocenters. The van der Waals surface area contributed by atoms with Crippen molar-refractivity contribution in [3.8, 4) is 0 Å². The summed E-state index contributed by atoms with van der Waals surface area (Å²) in [6.07, 6.45) is 11.7. The van der Waals surface area contributed by atoms with Crippen LogP contribution in [0.25, 0.3) is 0 Å². The number of carbonyl (C=O) groups excluding carboxylic acids is 3. The molecule has 1 aliphatic heterocycles. The van der Waals surface area contributed by atoms with E-state index in [4.69, 9.17) is 4.74 Å². The van der Waals surface area contributed by atoms with Gasteiger partial charge in [0, 0.05) is 12.6 Å². The maximum atomic E-state index is 13.7. The summed E-state index contributed by atoms with van der Waals surface area (Å²) in [6, 6.07) is -0.359. The number of ether oxygens (including phenoxy) is 1. The van der Waals surface area contributed by atoms with Crippen LogP contribution in [0.1, 0.15) is 84.5 Å². The highest BCUT2D eigenvalue weighted by Crippen LogP contribution is 2.60. The molecule has 0 aromatic rings. The van der Waals surface area contributed by atoms with Crippen molar-refractivity contribution in [1.29, 1.82) is 0 Å². The first-order valence-corrected chi connectivity index (χ1v) is 13.1. The molecule has 1 N–H and O–H groups in total. The molecule has 6 nitrogen and oxygen atoms in total. The third-order valence-electron chi connectivity index (χ3n) is 9.68. The first kappa shape index (κ1) is 22.2. The van der Waals surface area contributed by atoms with Gasteiger partial charge in [0.1, 0.15) is 6.04 Å². The Balaban J connectivity index is 1.16. The van der Waals surface area contributed by atoms with E-state index in [9.17, 15) is 14.4 Å². The average Bonchev–Trinajstić information content (AvgIpc) is 3.23. The summed E-state index contributed by atoms with van der Waals surface area (Å²) < 4.78 is 5.45. The second-order valence-electron chi connectivity index (χ2n) is 11.9. The standard InChI is InChI=1S/C26H40N2O4/c1-16-5-3-6-21(17(16)2)27-23(29)15-32-24(30)22-7-4-8-28(22)25(31)26-12-18-9-19(13-26)11-20(10-18)14-26/h16-22H,3-15H2,1-2H3,(H,27,29). The number of rotatable bonds is 5. The highest BCUT2D eigenvalue weighted by molar-refractivity contribution is 5.90. The zero-order valence-corrected chi connectivity index (χ0v) is 19.8. The van der Waals surface area contributed by atoms with Crippen LogP contribution in [0.15, 0.2) is 0 Å². The molecule has 1 saturated heterocycles. The molecular formula is C26H40N2O4. The van der Waals surface area contributed by atoms with Gasteiger partial charge >= 0.3 is 5.97 Å². The van der Waals surface area contributed by atoms with Gasteiger partial charge in [-0.25, -0.2) is 4.79 Å². The zero-order chi connectivity index (χ0) is 22.5. The number of amides is 2. The van der Waals surface area contributed by atoms with E-state index in [2.05, 4.69) is 19.2 Å². The number of esters is 1. The molecule has 0 radical (unpaired) electrons. The summed E-state index contributed by atoms with van der Waals surface area (Å²) in [7, 11) is 0. The molecule has 6 fully saturated rings. The summed E-state index contributed by atoms with van der Waals surface area (Å²) in [5, 5.41) is 3.07. The Bertz CT molecular complexity index is 730. The van der Waals surface area contributed by atoms with Crippen LogP contribution in [-0.2, 0) is 19.1 Å². The predicted octanol–water partition coefficient (Wildman–Crippen LogP) is 3.68. The molecule has 5 saturated carbocycles. The lowest BCUT2D eigenvalue weighted by Crippen LogP contribution is -2.56. The van der Waals surface area contributed by atoms with Crippen LogP contribution in [0, 0.1) is 35.0 Å². The molecule has 6 rings (SSSR count). The Morgan fingerprint density at radius 3 is 2.25 bits per heavy atom. The van der Waals surface area contributed by atoms with Gasteiger partial charge in [0.2, 0.25) is 5.91 Å². The van der Waals surface area contributed by atoms with E-state index in [1.54, 1.807) is 0 Å². The van der Waals surface area contributed by atoms with Crippen LogP contribution in [-0.4, -0.2) is 47.9 Å². The molecule has 4 bridgehead atoms. The van der Waals surface area contributed by atoms with E-state index in [1.165, 1.54) is 25.7 Å². The summed E-state index contributed by atoms with van der Waals surface area (Å²) in [5.74, 6) is 2.71. The molecule has 6 heteroatoms. The smallest absolute Gasteiger partial charge is 0.329 e. The van der Waals surface area contributed by atoms with Crippen molar-refractivity contribution in [2.75, 3.05) is 13.2 Å². The Kier molecular flexibility index (Phi) is 6.00. The van der Waals surface area contributed by atoms with Gasteiger partial charge in [0.05, 0.1) is 5.41 Å². The van der Waals surface area contributed by atoms with Crippen LogP contribution in [0.3, 0.4) is 0 Å². The number of nitrogens with one attached hydrogen (secondary N) is 1. The van der Waals surface area contributed by atoms with Crippen molar-refractivity contribution >= 4 is 17.8 Å². The van der Waals surface area contributed by atoms with Crippen LogP contribution in [0.5, 0.6) is 0 Å². The van der Waals surface area contributed by atoms with E-state index >= 15 is 0 Å². The van der Waals surface area contributed by atoms with Crippen molar-refractivity contribution in [3.63, 3.8) is 0 Å². The molecule has 0 aromatic heterocycles. The van der Waals surface area contributed by atoms with Crippen molar-refractivity contribution in [2.45, 2.75) is 96.6 Å². The Labute approximate surface area is 192 Å². The van der Waals surface area contributed by atoms with Crippen molar-refractivity contribution in [1.82, 2.24) is 10.2 Å². The van der Waals surface area contributed by atoms with Gasteiger partial charge < -0.3 is 15.0 Å². The minimum atomic E-state index is -0.517. The molecule has 0 aromatic carbocycles. The first-order chi connectivity index (χ1) is 15.3. The highest BCUT2D eigenvalue weighted by atomic mass is 16.5. The van der Waals surface area contributed by atoms with Gasteiger partial charge in [-0.1, -0.05) is 26.7 Å². The van der Waals surface area contributed by atoms with E-state index in [0.29, 0.717) is 42.6 Å². The molecule has 6 aliphatic rings. The monoisotopic (exact) mass is 444 g/mol. The minimum absolute atomic E-state index is 0.158. The summed E-state index contributed by atoms with van der Waals surface area (Å²) >= 11 is 0. The molecule has 5 aliphatic carbocycles. The first-order valence-electron chi connectivity index (χ1n) is 13.1. The normalized spacial score (nSPS) is 42.7. The molecule has 0 spiro atoms. The number of hydrogen-bond acceptors (Lipinski definition) is 4. The van der Waals surface area contributed by atoms with Crippen LogP contribution >= 0.6 is 0 Å². The van der Waals surface area contributed by atoms with Gasteiger partial charge in [-0.3, -0.25) is 9.59 Å². The molecule has 2 amide bonds. The highest BCUT2D eigenvalue weighted by Gasteiger charge is 2.57. The van der Waals surface area contributed by atoms with Gasteiger partial charge in [-0.05, 0) is 87.4 Å². The molecule has 4 unspecified atom stereocenters. The van der Waals surface area contributed by atoms with Gasteiger partial charge in [0.15, 0.2) is 6.61 Å². The predicted molar refractivity (Wildman–Crippen MR) is 120 cm³/mol. The Morgan fingerprint density at radius 1 is 0.938 bits per heavy atom. The van der Waals surface area contributed by atoms with Crippen molar-refractivity contribution < 1.29 is 19.1 Å². The average molecular weight is 445 g/mol. The molecule has 178 valence electrons. The summed E-state index contributed by atoms with van der Waals surface area (Å²) in [5.41, 5.74) is -0.233. The van der Waals surface area contributed by atoms with Crippen molar-refractivity contribution in [2.24, 2.45) is 35.0 Å². The quantitative estimate of drug-likeness (QED) is 0.657. The SMILES string of the molecule is CC1CCCC(NC(=O)COC(=O)C2CCCN2C(=O)C23CC4CC(CC(C4)C2)C3)C1C. The topological polar surface area (TPSA) is 75.7 Å².